The average molecular weight is 367 g/mol. The molecule has 0 saturated heterocycles. The first-order valence-corrected chi connectivity index (χ1v) is 9.90. The number of aliphatic hydroxyl groups excluding tert-OH is 1. The Bertz CT molecular complexity index is 526. The molecule has 8 heteroatoms. The van der Waals surface area contributed by atoms with Gasteiger partial charge in [0.25, 0.3) is 0 Å². The van der Waals surface area contributed by atoms with Gasteiger partial charge in [-0.15, -0.1) is 10.2 Å². The van der Waals surface area contributed by atoms with E-state index in [0.29, 0.717) is 6.04 Å². The monoisotopic (exact) mass is 366 g/mol. The van der Waals surface area contributed by atoms with Crippen LogP contribution in [0.4, 0.5) is 0 Å². The maximum absolute atomic E-state index is 9.68. The Morgan fingerprint density at radius 2 is 2.15 bits per heavy atom. The highest BCUT2D eigenvalue weighted by Gasteiger charge is 2.20. The van der Waals surface area contributed by atoms with E-state index in [9.17, 15) is 5.11 Å². The Kier molecular flexibility index (Phi) is 9.41. The van der Waals surface area contributed by atoms with Crippen LogP contribution in [0.2, 0.25) is 0 Å². The van der Waals surface area contributed by atoms with Crippen LogP contribution in [0.5, 0.6) is 0 Å². The summed E-state index contributed by atoms with van der Waals surface area (Å²) < 4.78 is 7.44. The van der Waals surface area contributed by atoms with Gasteiger partial charge in [-0.2, -0.15) is 0 Å². The molecule has 8 nitrogen and oxygen atoms in total. The van der Waals surface area contributed by atoms with Gasteiger partial charge in [0.15, 0.2) is 5.96 Å². The van der Waals surface area contributed by atoms with Gasteiger partial charge in [0, 0.05) is 45.3 Å². The molecule has 1 aromatic heterocycles. The Morgan fingerprint density at radius 3 is 2.88 bits per heavy atom. The number of aliphatic hydroxyl groups is 1. The van der Waals surface area contributed by atoms with Crippen LogP contribution in [-0.4, -0.2) is 64.3 Å². The Morgan fingerprint density at radius 1 is 1.35 bits per heavy atom. The molecular weight excluding hydrogens is 332 g/mol. The number of aryl methyl sites for hydroxylation is 1. The topological polar surface area (TPSA) is 96.6 Å². The molecule has 0 bridgehead atoms. The van der Waals surface area contributed by atoms with Gasteiger partial charge >= 0.3 is 0 Å². The van der Waals surface area contributed by atoms with Crippen LogP contribution < -0.4 is 10.6 Å². The van der Waals surface area contributed by atoms with Gasteiger partial charge in [0.2, 0.25) is 0 Å². The lowest BCUT2D eigenvalue weighted by molar-refractivity contribution is 0.120. The Balaban J connectivity index is 1.81. The third-order valence-corrected chi connectivity index (χ3v) is 4.62. The zero-order valence-electron chi connectivity index (χ0n) is 16.2. The normalized spacial score (nSPS) is 21.0. The summed E-state index contributed by atoms with van der Waals surface area (Å²) in [5.41, 5.74) is 0. The number of nitrogens with zero attached hydrogens (tertiary/aromatic N) is 4. The molecule has 148 valence electrons. The summed E-state index contributed by atoms with van der Waals surface area (Å²) in [6, 6.07) is 0.373. The zero-order chi connectivity index (χ0) is 18.6. The fraction of sp³-hybridized carbons (Fsp3) is 0.833. The molecule has 0 radical (unpaired) electrons. The Hall–Kier alpha value is -1.67. The van der Waals surface area contributed by atoms with E-state index >= 15 is 0 Å². The Labute approximate surface area is 156 Å². The minimum atomic E-state index is -0.145. The second-order valence-electron chi connectivity index (χ2n) is 6.65. The van der Waals surface area contributed by atoms with Gasteiger partial charge < -0.3 is 25.0 Å². The van der Waals surface area contributed by atoms with Crippen LogP contribution in [0.15, 0.2) is 11.3 Å². The summed E-state index contributed by atoms with van der Waals surface area (Å²) in [6.07, 6.45) is 7.09. The highest BCUT2D eigenvalue weighted by molar-refractivity contribution is 5.80. The molecule has 3 N–H and O–H groups in total. The number of guanidine groups is 1. The lowest BCUT2D eigenvalue weighted by atomic mass is 9.93. The third-order valence-electron chi connectivity index (χ3n) is 4.62. The van der Waals surface area contributed by atoms with Crippen molar-refractivity contribution in [2.24, 2.45) is 4.99 Å². The summed E-state index contributed by atoms with van der Waals surface area (Å²) >= 11 is 0. The van der Waals surface area contributed by atoms with Crippen LogP contribution in [0.1, 0.15) is 51.8 Å². The van der Waals surface area contributed by atoms with Crippen molar-refractivity contribution >= 4 is 5.96 Å². The smallest absolute Gasteiger partial charge is 0.191 e. The van der Waals surface area contributed by atoms with Gasteiger partial charge in [0.1, 0.15) is 12.2 Å². The van der Waals surface area contributed by atoms with Crippen molar-refractivity contribution in [2.75, 3.05) is 26.3 Å². The van der Waals surface area contributed by atoms with Crippen LogP contribution in [0, 0.1) is 0 Å². The van der Waals surface area contributed by atoms with E-state index < -0.39 is 0 Å². The molecule has 1 heterocycles. The van der Waals surface area contributed by atoms with E-state index in [-0.39, 0.29) is 6.10 Å². The average Bonchev–Trinajstić information content (AvgIpc) is 3.10. The predicted octanol–water partition coefficient (Wildman–Crippen LogP) is 1.11. The number of aliphatic imine (C=N–C) groups is 1. The van der Waals surface area contributed by atoms with Crippen molar-refractivity contribution in [3.8, 4) is 0 Å². The molecule has 0 unspecified atom stereocenters. The summed E-state index contributed by atoms with van der Waals surface area (Å²) in [5.74, 6) is 1.84. The largest absolute Gasteiger partial charge is 0.393 e. The highest BCUT2D eigenvalue weighted by atomic mass is 16.5. The number of hydrogen-bond acceptors (Lipinski definition) is 5. The van der Waals surface area contributed by atoms with Crippen LogP contribution in [0.3, 0.4) is 0 Å². The highest BCUT2D eigenvalue weighted by Crippen LogP contribution is 2.18. The van der Waals surface area contributed by atoms with Crippen molar-refractivity contribution in [1.29, 1.82) is 0 Å². The molecular formula is C18H34N6O2. The van der Waals surface area contributed by atoms with Crippen molar-refractivity contribution in [2.45, 2.75) is 71.1 Å². The first kappa shape index (κ1) is 20.6. The zero-order valence-corrected chi connectivity index (χ0v) is 16.2. The van der Waals surface area contributed by atoms with Crippen molar-refractivity contribution in [3.63, 3.8) is 0 Å². The van der Waals surface area contributed by atoms with Gasteiger partial charge in [-0.1, -0.05) is 6.92 Å². The quantitative estimate of drug-likeness (QED) is 0.326. The van der Waals surface area contributed by atoms with E-state index in [1.807, 2.05) is 6.92 Å². The maximum Gasteiger partial charge on any atom is 0.191 e. The summed E-state index contributed by atoms with van der Waals surface area (Å²) in [4.78, 5) is 4.68. The van der Waals surface area contributed by atoms with Crippen LogP contribution in [-0.2, 0) is 17.7 Å². The van der Waals surface area contributed by atoms with Crippen molar-refractivity contribution in [1.82, 2.24) is 25.4 Å². The lowest BCUT2D eigenvalue weighted by Gasteiger charge is -2.27. The van der Waals surface area contributed by atoms with E-state index in [4.69, 9.17) is 4.74 Å². The van der Waals surface area contributed by atoms with E-state index in [1.165, 1.54) is 0 Å². The first-order valence-electron chi connectivity index (χ1n) is 9.90. The maximum atomic E-state index is 9.68. The molecule has 1 fully saturated rings. The molecule has 1 aliphatic rings. The molecule has 1 aliphatic carbocycles. The molecule has 26 heavy (non-hydrogen) atoms. The fourth-order valence-corrected chi connectivity index (χ4v) is 3.10. The molecule has 0 aromatic carbocycles. The fourth-order valence-electron chi connectivity index (χ4n) is 3.10. The van der Waals surface area contributed by atoms with Crippen molar-refractivity contribution in [3.05, 3.63) is 12.2 Å². The molecule has 0 amide bonds. The van der Waals surface area contributed by atoms with Crippen LogP contribution in [0.25, 0.3) is 0 Å². The minimum Gasteiger partial charge on any atom is -0.393 e. The number of aromatic nitrogens is 3. The molecule has 1 saturated carbocycles. The van der Waals surface area contributed by atoms with Crippen LogP contribution >= 0.6 is 0 Å². The minimum absolute atomic E-state index is 0.145. The molecule has 2 rings (SSSR count). The second-order valence-corrected chi connectivity index (χ2v) is 6.65. The first-order chi connectivity index (χ1) is 12.7. The number of ether oxygens (including phenoxy) is 1. The van der Waals surface area contributed by atoms with Crippen molar-refractivity contribution < 1.29 is 9.84 Å². The van der Waals surface area contributed by atoms with E-state index in [2.05, 4.69) is 37.3 Å². The SMILES string of the molecule is CCOCCCN=C(NCCn1cnnc1CC)NC1CCC(O)CC1. The summed E-state index contributed by atoms with van der Waals surface area (Å²) in [6.45, 7) is 7.87. The van der Waals surface area contributed by atoms with E-state index in [0.717, 1.165) is 83.2 Å². The van der Waals surface area contributed by atoms with Gasteiger partial charge in [-0.05, 0) is 39.0 Å². The van der Waals surface area contributed by atoms with Gasteiger partial charge in [-0.3, -0.25) is 4.99 Å². The molecule has 0 atom stereocenters. The molecule has 0 spiro atoms. The number of nitrogens with one attached hydrogen (secondary N) is 2. The summed E-state index contributed by atoms with van der Waals surface area (Å²) in [7, 11) is 0. The number of rotatable bonds is 10. The van der Waals surface area contributed by atoms with E-state index in [1.54, 1.807) is 6.33 Å². The standard InChI is InChI=1S/C18H34N6O2/c1-3-17-23-21-14-24(17)12-11-20-18(19-10-5-13-26-4-2)22-15-6-8-16(25)9-7-15/h14-16,25H,3-13H2,1-2H3,(H2,19,20,22). The van der Waals surface area contributed by atoms with Gasteiger partial charge in [0.05, 0.1) is 6.10 Å². The molecule has 0 aliphatic heterocycles. The van der Waals surface area contributed by atoms with Gasteiger partial charge in [-0.25, -0.2) is 0 Å². The third kappa shape index (κ3) is 7.29. The predicted molar refractivity (Wildman–Crippen MR) is 102 cm³/mol. The lowest BCUT2D eigenvalue weighted by Crippen LogP contribution is -2.46. The second kappa shape index (κ2) is 11.9. The molecule has 1 aromatic rings. The summed E-state index contributed by atoms with van der Waals surface area (Å²) in [5, 5.41) is 24.7. The number of hydrogen-bond donors (Lipinski definition) is 3.